The maximum absolute atomic E-state index is 9.26. The molecular weight excluding hydrogens is 511 g/mol. The van der Waals surface area contributed by atoms with Gasteiger partial charge >= 0.3 is 0 Å². The van der Waals surface area contributed by atoms with E-state index in [1.165, 1.54) is 74.6 Å². The number of methoxy groups -OCH3 is 1. The summed E-state index contributed by atoms with van der Waals surface area (Å²) in [6.07, 6.45) is 10.5. The standard InChI is InChI=1S/C25H41BrN2O2.2ClH/c1-3-28(16-17-29)23-6-4-20(5-7-23)10-13-27-14-11-21(12-15-27)18-22-19-24(30-2)8-9-25(22)26;;/h8-9,19-21,23,29H,3-7,10-18H2,1-2H3;2*1H/t20-,23-;;. The van der Waals surface area contributed by atoms with Crippen molar-refractivity contribution in [3.8, 4) is 5.75 Å². The predicted octanol–water partition coefficient (Wildman–Crippen LogP) is 5.82. The van der Waals surface area contributed by atoms with Crippen molar-refractivity contribution in [2.45, 2.75) is 64.3 Å². The summed E-state index contributed by atoms with van der Waals surface area (Å²) in [4.78, 5) is 5.18. The fourth-order valence-corrected chi connectivity index (χ4v) is 5.86. The second-order valence-corrected chi connectivity index (χ2v) is 10.1. The van der Waals surface area contributed by atoms with Gasteiger partial charge in [0.15, 0.2) is 0 Å². The maximum Gasteiger partial charge on any atom is 0.119 e. The maximum atomic E-state index is 9.26. The second-order valence-electron chi connectivity index (χ2n) is 9.26. The van der Waals surface area contributed by atoms with Gasteiger partial charge in [0.25, 0.3) is 0 Å². The quantitative estimate of drug-likeness (QED) is 0.396. The van der Waals surface area contributed by atoms with Crippen LogP contribution in [0.4, 0.5) is 0 Å². The summed E-state index contributed by atoms with van der Waals surface area (Å²) in [5, 5.41) is 9.26. The van der Waals surface area contributed by atoms with Crippen molar-refractivity contribution in [1.82, 2.24) is 9.80 Å². The van der Waals surface area contributed by atoms with Gasteiger partial charge in [0.2, 0.25) is 0 Å². The number of nitrogens with zero attached hydrogens (tertiary/aromatic N) is 2. The molecular formula is C25H43BrCl2N2O2. The summed E-state index contributed by atoms with van der Waals surface area (Å²) in [6.45, 7) is 8.20. The van der Waals surface area contributed by atoms with Crippen molar-refractivity contribution in [2.24, 2.45) is 11.8 Å². The Morgan fingerprint density at radius 2 is 1.75 bits per heavy atom. The third kappa shape index (κ3) is 8.96. The number of ether oxygens (including phenoxy) is 1. The molecule has 4 nitrogen and oxygen atoms in total. The average molecular weight is 554 g/mol. The Kier molecular flexibility index (Phi) is 14.8. The zero-order valence-corrected chi connectivity index (χ0v) is 23.0. The number of aliphatic hydroxyl groups is 1. The number of likely N-dealkylation sites (N-methyl/N-ethyl adjacent to an activating group) is 1. The van der Waals surface area contributed by atoms with Crippen LogP contribution in [-0.4, -0.2) is 67.4 Å². The van der Waals surface area contributed by atoms with Gasteiger partial charge in [-0.15, -0.1) is 24.8 Å². The first kappa shape index (κ1) is 30.0. The summed E-state index contributed by atoms with van der Waals surface area (Å²) in [6, 6.07) is 7.02. The molecule has 1 aromatic carbocycles. The number of benzene rings is 1. The van der Waals surface area contributed by atoms with E-state index >= 15 is 0 Å². The Morgan fingerprint density at radius 3 is 2.34 bits per heavy atom. The van der Waals surface area contributed by atoms with Crippen LogP contribution in [0.25, 0.3) is 0 Å². The highest BCUT2D eigenvalue weighted by Gasteiger charge is 2.26. The van der Waals surface area contributed by atoms with E-state index in [9.17, 15) is 5.11 Å². The monoisotopic (exact) mass is 552 g/mol. The van der Waals surface area contributed by atoms with E-state index in [1.807, 2.05) is 6.07 Å². The predicted molar refractivity (Wildman–Crippen MR) is 143 cm³/mol. The first-order valence-corrected chi connectivity index (χ1v) is 12.8. The van der Waals surface area contributed by atoms with Gasteiger partial charge < -0.3 is 14.7 Å². The normalized spacial score (nSPS) is 22.3. The molecule has 1 aromatic rings. The SMILES string of the molecule is CCN(CCO)[C@H]1CC[C@H](CCN2CCC(Cc3cc(OC)ccc3Br)CC2)CC1.Cl.Cl. The fourth-order valence-electron chi connectivity index (χ4n) is 5.45. The molecule has 0 bridgehead atoms. The number of likely N-dealkylation sites (tertiary alicyclic amines) is 1. The zero-order valence-electron chi connectivity index (χ0n) is 19.8. The van der Waals surface area contributed by atoms with E-state index < -0.39 is 0 Å². The number of hydrogen-bond acceptors (Lipinski definition) is 4. The molecule has 1 N–H and O–H groups in total. The Morgan fingerprint density at radius 1 is 1.06 bits per heavy atom. The number of halogens is 3. The van der Waals surface area contributed by atoms with Crippen LogP contribution >= 0.6 is 40.7 Å². The van der Waals surface area contributed by atoms with Gasteiger partial charge in [0.05, 0.1) is 13.7 Å². The van der Waals surface area contributed by atoms with Crippen molar-refractivity contribution in [2.75, 3.05) is 46.4 Å². The lowest BCUT2D eigenvalue weighted by Crippen LogP contribution is -2.40. The van der Waals surface area contributed by atoms with E-state index in [4.69, 9.17) is 4.74 Å². The second kappa shape index (κ2) is 15.8. The van der Waals surface area contributed by atoms with Crippen LogP contribution in [0.3, 0.4) is 0 Å². The van der Waals surface area contributed by atoms with Crippen LogP contribution in [0, 0.1) is 11.8 Å². The minimum atomic E-state index is 0. The minimum Gasteiger partial charge on any atom is -0.497 e. The number of hydrogen-bond donors (Lipinski definition) is 1. The highest BCUT2D eigenvalue weighted by atomic mass is 79.9. The summed E-state index contributed by atoms with van der Waals surface area (Å²) in [5.41, 5.74) is 1.38. The molecule has 0 aromatic heterocycles. The van der Waals surface area contributed by atoms with E-state index in [0.717, 1.165) is 37.1 Å². The molecule has 1 aliphatic heterocycles. The Hall–Kier alpha value is -0.0400. The molecule has 1 aliphatic carbocycles. The molecule has 0 amide bonds. The third-order valence-electron chi connectivity index (χ3n) is 7.45. The van der Waals surface area contributed by atoms with Crippen molar-refractivity contribution in [3.05, 3.63) is 28.2 Å². The summed E-state index contributed by atoms with van der Waals surface area (Å²) in [5.74, 6) is 2.64. The van der Waals surface area contributed by atoms with Crippen molar-refractivity contribution < 1.29 is 9.84 Å². The van der Waals surface area contributed by atoms with E-state index in [0.29, 0.717) is 12.6 Å². The van der Waals surface area contributed by atoms with Crippen LogP contribution in [0.5, 0.6) is 5.75 Å². The van der Waals surface area contributed by atoms with E-state index in [1.54, 1.807) is 7.11 Å². The lowest BCUT2D eigenvalue weighted by Gasteiger charge is -2.37. The van der Waals surface area contributed by atoms with Crippen LogP contribution < -0.4 is 4.74 Å². The molecule has 0 unspecified atom stereocenters. The van der Waals surface area contributed by atoms with Crippen LogP contribution in [-0.2, 0) is 6.42 Å². The van der Waals surface area contributed by atoms with Gasteiger partial charge in [-0.2, -0.15) is 0 Å². The summed E-state index contributed by atoms with van der Waals surface area (Å²) in [7, 11) is 1.74. The van der Waals surface area contributed by atoms with Gasteiger partial charge in [-0.05, 0) is 113 Å². The highest BCUT2D eigenvalue weighted by molar-refractivity contribution is 9.10. The average Bonchev–Trinajstić information content (AvgIpc) is 2.79. The van der Waals surface area contributed by atoms with Crippen molar-refractivity contribution in [3.63, 3.8) is 0 Å². The first-order valence-electron chi connectivity index (χ1n) is 12.0. The van der Waals surface area contributed by atoms with Crippen molar-refractivity contribution >= 4 is 40.7 Å². The molecule has 7 heteroatoms. The van der Waals surface area contributed by atoms with Gasteiger partial charge in [-0.1, -0.05) is 22.9 Å². The Labute approximate surface area is 216 Å². The minimum absolute atomic E-state index is 0. The molecule has 1 heterocycles. The molecule has 32 heavy (non-hydrogen) atoms. The molecule has 2 aliphatic rings. The first-order chi connectivity index (χ1) is 14.6. The summed E-state index contributed by atoms with van der Waals surface area (Å²) < 4.78 is 6.61. The Balaban J connectivity index is 0.00000256. The fraction of sp³-hybridized carbons (Fsp3) is 0.760. The molecule has 186 valence electrons. The largest absolute Gasteiger partial charge is 0.497 e. The molecule has 0 radical (unpaired) electrons. The van der Waals surface area contributed by atoms with Gasteiger partial charge in [-0.25, -0.2) is 0 Å². The molecule has 1 saturated carbocycles. The third-order valence-corrected chi connectivity index (χ3v) is 8.22. The number of aliphatic hydroxyl groups excluding tert-OH is 1. The topological polar surface area (TPSA) is 35.9 Å². The van der Waals surface area contributed by atoms with Crippen LogP contribution in [0.2, 0.25) is 0 Å². The highest BCUT2D eigenvalue weighted by Crippen LogP contribution is 2.31. The molecule has 2 fully saturated rings. The van der Waals surface area contributed by atoms with Crippen LogP contribution in [0.1, 0.15) is 57.4 Å². The Bertz CT molecular complexity index is 636. The molecule has 1 saturated heterocycles. The lowest BCUT2D eigenvalue weighted by molar-refractivity contribution is 0.108. The smallest absolute Gasteiger partial charge is 0.119 e. The zero-order chi connectivity index (χ0) is 21.3. The lowest BCUT2D eigenvalue weighted by atomic mass is 9.83. The van der Waals surface area contributed by atoms with Gasteiger partial charge in [-0.3, -0.25) is 4.90 Å². The van der Waals surface area contributed by atoms with Gasteiger partial charge in [0, 0.05) is 17.1 Å². The number of piperidine rings is 1. The van der Waals surface area contributed by atoms with E-state index in [2.05, 4.69) is 44.8 Å². The molecule has 0 atom stereocenters. The van der Waals surface area contributed by atoms with E-state index in [-0.39, 0.29) is 24.8 Å². The number of rotatable bonds is 10. The molecule has 3 rings (SSSR count). The van der Waals surface area contributed by atoms with Crippen LogP contribution in [0.15, 0.2) is 22.7 Å². The van der Waals surface area contributed by atoms with Gasteiger partial charge in [0.1, 0.15) is 5.75 Å². The molecule has 0 spiro atoms. The van der Waals surface area contributed by atoms with Crippen molar-refractivity contribution in [1.29, 1.82) is 0 Å². The summed E-state index contributed by atoms with van der Waals surface area (Å²) >= 11 is 3.71.